The van der Waals surface area contributed by atoms with Crippen molar-refractivity contribution in [1.29, 1.82) is 0 Å². The van der Waals surface area contributed by atoms with E-state index in [1.54, 1.807) is 24.4 Å². The standard InChI is InChI=1S/C19H19N5O3/c1-22(2)13-14-5-3-6-15(11-14)20-19(25)18-9-10-23(21-18)16-7-4-8-17(12-16)24(26)27/h3-12H,13H2,1-2H3,(H,20,25). The summed E-state index contributed by atoms with van der Waals surface area (Å²) >= 11 is 0. The van der Waals surface area contributed by atoms with Gasteiger partial charge in [0.1, 0.15) is 0 Å². The molecule has 0 fully saturated rings. The zero-order chi connectivity index (χ0) is 19.4. The molecule has 27 heavy (non-hydrogen) atoms. The van der Waals surface area contributed by atoms with Crippen LogP contribution in [-0.4, -0.2) is 39.6 Å². The van der Waals surface area contributed by atoms with Crippen LogP contribution in [0.2, 0.25) is 0 Å². The summed E-state index contributed by atoms with van der Waals surface area (Å²) in [7, 11) is 3.96. The van der Waals surface area contributed by atoms with Crippen LogP contribution in [0.1, 0.15) is 16.1 Å². The number of amides is 1. The Hall–Kier alpha value is -3.52. The number of nitro groups is 1. The van der Waals surface area contributed by atoms with E-state index >= 15 is 0 Å². The molecule has 0 saturated carbocycles. The quantitative estimate of drug-likeness (QED) is 0.535. The number of non-ortho nitro benzene ring substituents is 1. The molecule has 0 saturated heterocycles. The highest BCUT2D eigenvalue weighted by atomic mass is 16.6. The second-order valence-corrected chi connectivity index (χ2v) is 6.31. The fourth-order valence-electron chi connectivity index (χ4n) is 2.65. The molecule has 138 valence electrons. The third kappa shape index (κ3) is 4.56. The molecule has 0 atom stereocenters. The van der Waals surface area contributed by atoms with Gasteiger partial charge in [0.25, 0.3) is 11.6 Å². The van der Waals surface area contributed by atoms with Crippen molar-refractivity contribution >= 4 is 17.3 Å². The summed E-state index contributed by atoms with van der Waals surface area (Å²) in [6.45, 7) is 0.769. The van der Waals surface area contributed by atoms with Crippen molar-refractivity contribution in [1.82, 2.24) is 14.7 Å². The Kier molecular flexibility index (Phi) is 5.28. The fourth-order valence-corrected chi connectivity index (χ4v) is 2.65. The van der Waals surface area contributed by atoms with Gasteiger partial charge in [0.15, 0.2) is 5.69 Å². The first kappa shape index (κ1) is 18.3. The van der Waals surface area contributed by atoms with Gasteiger partial charge in [-0.1, -0.05) is 18.2 Å². The molecule has 0 aliphatic heterocycles. The van der Waals surface area contributed by atoms with Crippen LogP contribution in [0.4, 0.5) is 11.4 Å². The monoisotopic (exact) mass is 365 g/mol. The average Bonchev–Trinajstić information content (AvgIpc) is 3.12. The van der Waals surface area contributed by atoms with Gasteiger partial charge in [0.2, 0.25) is 0 Å². The van der Waals surface area contributed by atoms with Crippen molar-refractivity contribution in [2.24, 2.45) is 0 Å². The minimum atomic E-state index is -0.471. The van der Waals surface area contributed by atoms with Gasteiger partial charge in [0, 0.05) is 30.6 Å². The predicted octanol–water partition coefficient (Wildman–Crippen LogP) is 3.09. The van der Waals surface area contributed by atoms with Crippen molar-refractivity contribution < 1.29 is 9.72 Å². The van der Waals surface area contributed by atoms with E-state index in [4.69, 9.17) is 0 Å². The van der Waals surface area contributed by atoms with Crippen molar-refractivity contribution in [2.75, 3.05) is 19.4 Å². The summed E-state index contributed by atoms with van der Waals surface area (Å²) in [4.78, 5) is 24.9. The molecular formula is C19H19N5O3. The van der Waals surface area contributed by atoms with Gasteiger partial charge < -0.3 is 10.2 Å². The van der Waals surface area contributed by atoms with Gasteiger partial charge >= 0.3 is 0 Å². The second-order valence-electron chi connectivity index (χ2n) is 6.31. The van der Waals surface area contributed by atoms with Crippen LogP contribution in [0.15, 0.2) is 60.8 Å². The van der Waals surface area contributed by atoms with E-state index in [-0.39, 0.29) is 17.3 Å². The molecule has 2 aromatic carbocycles. The van der Waals surface area contributed by atoms with Crippen molar-refractivity contribution in [3.63, 3.8) is 0 Å². The Bertz CT molecular complexity index is 981. The fraction of sp³-hybridized carbons (Fsp3) is 0.158. The number of carbonyl (C=O) groups excluding carboxylic acids is 1. The van der Waals surface area contributed by atoms with Gasteiger partial charge in [-0.2, -0.15) is 5.10 Å². The molecule has 8 nitrogen and oxygen atoms in total. The molecule has 3 aromatic rings. The molecule has 0 aliphatic rings. The smallest absolute Gasteiger partial charge is 0.276 e. The lowest BCUT2D eigenvalue weighted by Gasteiger charge is -2.11. The lowest BCUT2D eigenvalue weighted by molar-refractivity contribution is -0.384. The Labute approximate surface area is 156 Å². The highest BCUT2D eigenvalue weighted by molar-refractivity contribution is 6.02. The second kappa shape index (κ2) is 7.79. The zero-order valence-electron chi connectivity index (χ0n) is 15.0. The van der Waals surface area contributed by atoms with Crippen molar-refractivity contribution in [2.45, 2.75) is 6.54 Å². The summed E-state index contributed by atoms with van der Waals surface area (Å²) in [5.74, 6) is -0.346. The molecule has 1 N–H and O–H groups in total. The lowest BCUT2D eigenvalue weighted by Crippen LogP contribution is -2.14. The van der Waals surface area contributed by atoms with Crippen LogP contribution in [0, 0.1) is 10.1 Å². The molecule has 1 heterocycles. The van der Waals surface area contributed by atoms with E-state index in [0.717, 1.165) is 12.1 Å². The number of benzene rings is 2. The van der Waals surface area contributed by atoms with Crippen LogP contribution in [0.5, 0.6) is 0 Å². The molecule has 0 spiro atoms. The summed E-state index contributed by atoms with van der Waals surface area (Å²) in [5, 5.41) is 18.0. The maximum Gasteiger partial charge on any atom is 0.276 e. The minimum Gasteiger partial charge on any atom is -0.321 e. The Balaban J connectivity index is 1.76. The molecule has 0 radical (unpaired) electrons. The number of nitrogens with zero attached hydrogens (tertiary/aromatic N) is 4. The molecule has 1 amide bonds. The third-order valence-electron chi connectivity index (χ3n) is 3.81. The number of anilines is 1. The van der Waals surface area contributed by atoms with Gasteiger partial charge in [-0.05, 0) is 43.9 Å². The molecule has 0 bridgehead atoms. The maximum absolute atomic E-state index is 12.5. The Morgan fingerprint density at radius 2 is 1.96 bits per heavy atom. The summed E-state index contributed by atoms with van der Waals surface area (Å²) < 4.78 is 1.43. The summed E-state index contributed by atoms with van der Waals surface area (Å²) in [5.41, 5.74) is 2.46. The molecule has 0 aliphatic carbocycles. The molecular weight excluding hydrogens is 346 g/mol. The number of carbonyl (C=O) groups is 1. The minimum absolute atomic E-state index is 0.0355. The first-order chi connectivity index (χ1) is 12.9. The molecule has 1 aromatic heterocycles. The van der Waals surface area contributed by atoms with Gasteiger partial charge in [-0.25, -0.2) is 4.68 Å². The SMILES string of the molecule is CN(C)Cc1cccc(NC(=O)c2ccn(-c3cccc([N+](=O)[O-])c3)n2)c1. The summed E-state index contributed by atoms with van der Waals surface area (Å²) in [6, 6.07) is 15.2. The number of nitrogens with one attached hydrogen (secondary N) is 1. The number of rotatable bonds is 6. The van der Waals surface area contributed by atoms with Crippen LogP contribution in [-0.2, 0) is 6.54 Å². The van der Waals surface area contributed by atoms with E-state index in [0.29, 0.717) is 11.4 Å². The Morgan fingerprint density at radius 1 is 1.19 bits per heavy atom. The molecule has 3 rings (SSSR count). The number of hydrogen-bond acceptors (Lipinski definition) is 5. The van der Waals surface area contributed by atoms with E-state index < -0.39 is 4.92 Å². The third-order valence-corrected chi connectivity index (χ3v) is 3.81. The van der Waals surface area contributed by atoms with Crippen LogP contribution >= 0.6 is 0 Å². The zero-order valence-corrected chi connectivity index (χ0v) is 15.0. The first-order valence-electron chi connectivity index (χ1n) is 8.28. The van der Waals surface area contributed by atoms with Crippen molar-refractivity contribution in [3.05, 3.63) is 82.2 Å². The molecule has 8 heteroatoms. The first-order valence-corrected chi connectivity index (χ1v) is 8.28. The largest absolute Gasteiger partial charge is 0.321 e. The van der Waals surface area contributed by atoms with Crippen LogP contribution < -0.4 is 5.32 Å². The van der Waals surface area contributed by atoms with E-state index in [1.807, 2.05) is 43.3 Å². The van der Waals surface area contributed by atoms with Crippen LogP contribution in [0.25, 0.3) is 5.69 Å². The van der Waals surface area contributed by atoms with Gasteiger partial charge in [0.05, 0.1) is 10.6 Å². The normalized spacial score (nSPS) is 10.8. The lowest BCUT2D eigenvalue weighted by atomic mass is 10.2. The topological polar surface area (TPSA) is 93.3 Å². The maximum atomic E-state index is 12.5. The van der Waals surface area contributed by atoms with E-state index in [1.165, 1.54) is 16.8 Å². The Morgan fingerprint density at radius 3 is 2.70 bits per heavy atom. The highest BCUT2D eigenvalue weighted by Crippen LogP contribution is 2.17. The van der Waals surface area contributed by atoms with E-state index in [9.17, 15) is 14.9 Å². The summed E-state index contributed by atoms with van der Waals surface area (Å²) in [6.07, 6.45) is 1.59. The highest BCUT2D eigenvalue weighted by Gasteiger charge is 2.13. The number of hydrogen-bond donors (Lipinski definition) is 1. The molecule has 0 unspecified atom stereocenters. The number of aromatic nitrogens is 2. The average molecular weight is 365 g/mol. The van der Waals surface area contributed by atoms with Gasteiger partial charge in [-0.3, -0.25) is 14.9 Å². The van der Waals surface area contributed by atoms with Crippen LogP contribution in [0.3, 0.4) is 0 Å². The van der Waals surface area contributed by atoms with E-state index in [2.05, 4.69) is 10.4 Å². The predicted molar refractivity (Wildman–Crippen MR) is 102 cm³/mol. The number of nitro benzene ring substituents is 1. The van der Waals surface area contributed by atoms with Crippen molar-refractivity contribution in [3.8, 4) is 5.69 Å². The van der Waals surface area contributed by atoms with Gasteiger partial charge in [-0.15, -0.1) is 0 Å².